The summed E-state index contributed by atoms with van der Waals surface area (Å²) in [5.41, 5.74) is 1.01. The zero-order valence-corrected chi connectivity index (χ0v) is 20.6. The predicted molar refractivity (Wildman–Crippen MR) is 131 cm³/mol. The molecule has 2 amide bonds. The third-order valence-electron chi connectivity index (χ3n) is 4.72. The van der Waals surface area contributed by atoms with Crippen molar-refractivity contribution < 1.29 is 14.3 Å². The molecule has 9 nitrogen and oxygen atoms in total. The first-order chi connectivity index (χ1) is 15.8. The number of hydrogen-bond acceptors (Lipinski definition) is 7. The maximum Gasteiger partial charge on any atom is 0.414 e. The fourth-order valence-electron chi connectivity index (χ4n) is 2.86. The van der Waals surface area contributed by atoms with Crippen LogP contribution in [0.2, 0.25) is 0 Å². The van der Waals surface area contributed by atoms with Crippen LogP contribution in [0.3, 0.4) is 0 Å². The molecule has 0 bridgehead atoms. The maximum atomic E-state index is 12.8. The van der Waals surface area contributed by atoms with E-state index in [0.717, 1.165) is 5.56 Å². The highest BCUT2D eigenvalue weighted by atomic mass is 16.6. The first kappa shape index (κ1) is 24.8. The summed E-state index contributed by atoms with van der Waals surface area (Å²) < 4.78 is 5.52. The van der Waals surface area contributed by atoms with Gasteiger partial charge in [0.25, 0.3) is 0 Å². The average Bonchev–Trinajstić information content (AvgIpc) is 2.77. The van der Waals surface area contributed by atoms with Gasteiger partial charge in [-0.25, -0.2) is 4.79 Å². The molecular formula is C25H30N6O3. The van der Waals surface area contributed by atoms with Crippen LogP contribution >= 0.6 is 0 Å². The van der Waals surface area contributed by atoms with Crippen molar-refractivity contribution in [2.75, 3.05) is 17.3 Å². The quantitative estimate of drug-likeness (QED) is 0.584. The highest BCUT2D eigenvalue weighted by molar-refractivity contribution is 5.98. The SMILES string of the molecule is CN(C(=O)OC(C)(C)C)c1cc(NC(=O)C(C)(C)C)ccc1-c1nnc(-c2ccccc2)nn1. The second-order valence-corrected chi connectivity index (χ2v) is 9.89. The normalized spacial score (nSPS) is 11.6. The summed E-state index contributed by atoms with van der Waals surface area (Å²) >= 11 is 0. The van der Waals surface area contributed by atoms with E-state index in [-0.39, 0.29) is 11.7 Å². The molecule has 0 fully saturated rings. The molecule has 2 aromatic carbocycles. The number of anilines is 2. The molecule has 34 heavy (non-hydrogen) atoms. The Bertz CT molecular complexity index is 1170. The van der Waals surface area contributed by atoms with Crippen molar-refractivity contribution in [3.8, 4) is 22.8 Å². The lowest BCUT2D eigenvalue weighted by Crippen LogP contribution is -2.34. The number of amides is 2. The fourth-order valence-corrected chi connectivity index (χ4v) is 2.86. The molecular weight excluding hydrogens is 432 g/mol. The van der Waals surface area contributed by atoms with Gasteiger partial charge in [-0.3, -0.25) is 9.69 Å². The molecule has 1 N–H and O–H groups in total. The Hall–Kier alpha value is -3.88. The molecule has 0 unspecified atom stereocenters. The highest BCUT2D eigenvalue weighted by Gasteiger charge is 2.26. The van der Waals surface area contributed by atoms with Gasteiger partial charge in [0.2, 0.25) is 17.6 Å². The molecule has 0 aliphatic rings. The summed E-state index contributed by atoms with van der Waals surface area (Å²) in [6.07, 6.45) is -0.560. The van der Waals surface area contributed by atoms with E-state index in [4.69, 9.17) is 4.74 Å². The minimum Gasteiger partial charge on any atom is -0.443 e. The summed E-state index contributed by atoms with van der Waals surface area (Å²) in [5, 5.41) is 19.8. The van der Waals surface area contributed by atoms with Crippen molar-refractivity contribution in [1.82, 2.24) is 20.4 Å². The predicted octanol–water partition coefficient (Wildman–Crippen LogP) is 4.96. The summed E-state index contributed by atoms with van der Waals surface area (Å²) in [7, 11) is 1.58. The van der Waals surface area contributed by atoms with Crippen LogP contribution < -0.4 is 10.2 Å². The van der Waals surface area contributed by atoms with E-state index in [0.29, 0.717) is 22.8 Å². The Labute approximate surface area is 199 Å². The number of carbonyl (C=O) groups excluding carboxylic acids is 2. The van der Waals surface area contributed by atoms with Crippen LogP contribution in [0.4, 0.5) is 16.2 Å². The maximum absolute atomic E-state index is 12.8. The first-order valence-electron chi connectivity index (χ1n) is 10.9. The van der Waals surface area contributed by atoms with E-state index in [1.54, 1.807) is 46.0 Å². The molecule has 3 rings (SSSR count). The third kappa shape index (κ3) is 6.12. The molecule has 3 aromatic rings. The van der Waals surface area contributed by atoms with E-state index in [1.807, 2.05) is 51.1 Å². The van der Waals surface area contributed by atoms with Crippen molar-refractivity contribution in [2.24, 2.45) is 5.41 Å². The first-order valence-corrected chi connectivity index (χ1v) is 10.9. The lowest BCUT2D eigenvalue weighted by molar-refractivity contribution is -0.123. The van der Waals surface area contributed by atoms with Crippen molar-refractivity contribution in [1.29, 1.82) is 0 Å². The Balaban J connectivity index is 2.01. The summed E-state index contributed by atoms with van der Waals surface area (Å²) in [6.45, 7) is 10.8. The van der Waals surface area contributed by atoms with Crippen LogP contribution in [-0.4, -0.2) is 45.0 Å². The Morgan fingerprint density at radius 3 is 2.00 bits per heavy atom. The lowest BCUT2D eigenvalue weighted by atomic mass is 9.95. The van der Waals surface area contributed by atoms with Crippen LogP contribution in [0.25, 0.3) is 22.8 Å². The molecule has 0 saturated heterocycles. The number of aromatic nitrogens is 4. The Morgan fingerprint density at radius 2 is 1.44 bits per heavy atom. The fraction of sp³-hybridized carbons (Fsp3) is 0.360. The molecule has 0 saturated carbocycles. The number of carbonyl (C=O) groups is 2. The van der Waals surface area contributed by atoms with E-state index in [9.17, 15) is 9.59 Å². The number of hydrogen-bond donors (Lipinski definition) is 1. The van der Waals surface area contributed by atoms with Crippen LogP contribution in [0.15, 0.2) is 48.5 Å². The second kappa shape index (κ2) is 9.54. The molecule has 0 aliphatic carbocycles. The standard InChI is InChI=1S/C25H30N6O3/c1-24(2,3)22(32)26-17-13-14-18(19(15-17)31(7)23(33)34-25(4,5)6)21-29-27-20(28-30-21)16-11-9-8-10-12-16/h8-15H,1-7H3,(H,26,32). The Kier molecular flexibility index (Phi) is 6.95. The number of nitrogens with one attached hydrogen (secondary N) is 1. The van der Waals surface area contributed by atoms with Crippen LogP contribution in [-0.2, 0) is 9.53 Å². The zero-order chi connectivity index (χ0) is 25.1. The van der Waals surface area contributed by atoms with Gasteiger partial charge in [0.15, 0.2) is 0 Å². The van der Waals surface area contributed by atoms with Gasteiger partial charge in [0, 0.05) is 29.3 Å². The third-order valence-corrected chi connectivity index (χ3v) is 4.72. The van der Waals surface area contributed by atoms with Crippen molar-refractivity contribution in [3.05, 3.63) is 48.5 Å². The van der Waals surface area contributed by atoms with Gasteiger partial charge in [0.05, 0.1) is 5.69 Å². The number of ether oxygens (including phenoxy) is 1. The number of nitrogens with zero attached hydrogens (tertiary/aromatic N) is 5. The Morgan fingerprint density at radius 1 is 0.853 bits per heavy atom. The molecule has 9 heteroatoms. The van der Waals surface area contributed by atoms with Crippen LogP contribution in [0.1, 0.15) is 41.5 Å². The van der Waals surface area contributed by atoms with E-state index in [2.05, 4.69) is 25.7 Å². The topological polar surface area (TPSA) is 110 Å². The molecule has 0 radical (unpaired) electrons. The van der Waals surface area contributed by atoms with Gasteiger partial charge in [0.1, 0.15) is 5.60 Å². The molecule has 0 atom stereocenters. The largest absolute Gasteiger partial charge is 0.443 e. The number of rotatable bonds is 4. The number of benzene rings is 2. The summed E-state index contributed by atoms with van der Waals surface area (Å²) in [4.78, 5) is 26.7. The minimum atomic E-state index is -0.680. The van der Waals surface area contributed by atoms with Crippen LogP contribution in [0.5, 0.6) is 0 Å². The molecule has 1 heterocycles. The summed E-state index contributed by atoms with van der Waals surface area (Å²) in [6, 6.07) is 14.5. The second-order valence-electron chi connectivity index (χ2n) is 9.89. The molecule has 178 valence electrons. The van der Waals surface area contributed by atoms with Crippen molar-refractivity contribution in [3.63, 3.8) is 0 Å². The van der Waals surface area contributed by atoms with E-state index >= 15 is 0 Å². The van der Waals surface area contributed by atoms with Gasteiger partial charge < -0.3 is 10.1 Å². The van der Waals surface area contributed by atoms with Gasteiger partial charge in [-0.1, -0.05) is 51.1 Å². The zero-order valence-electron chi connectivity index (χ0n) is 20.6. The average molecular weight is 463 g/mol. The van der Waals surface area contributed by atoms with Crippen LogP contribution in [0, 0.1) is 5.41 Å². The van der Waals surface area contributed by atoms with Gasteiger partial charge in [-0.15, -0.1) is 20.4 Å². The molecule has 1 aromatic heterocycles. The van der Waals surface area contributed by atoms with Gasteiger partial charge in [-0.05, 0) is 39.0 Å². The lowest BCUT2D eigenvalue weighted by Gasteiger charge is -2.26. The van der Waals surface area contributed by atoms with Gasteiger partial charge in [-0.2, -0.15) is 0 Å². The molecule has 0 spiro atoms. The molecule has 0 aliphatic heterocycles. The smallest absolute Gasteiger partial charge is 0.414 e. The highest BCUT2D eigenvalue weighted by Crippen LogP contribution is 2.32. The van der Waals surface area contributed by atoms with Crippen molar-refractivity contribution >= 4 is 23.4 Å². The minimum absolute atomic E-state index is 0.155. The monoisotopic (exact) mass is 462 g/mol. The van der Waals surface area contributed by atoms with Crippen molar-refractivity contribution in [2.45, 2.75) is 47.1 Å². The van der Waals surface area contributed by atoms with E-state index in [1.165, 1.54) is 4.90 Å². The summed E-state index contributed by atoms with van der Waals surface area (Å²) in [5.74, 6) is 0.470. The van der Waals surface area contributed by atoms with E-state index < -0.39 is 17.1 Å². The van der Waals surface area contributed by atoms with Gasteiger partial charge >= 0.3 is 6.09 Å².